The highest BCUT2D eigenvalue weighted by molar-refractivity contribution is 7.92. The molecule has 24 heavy (non-hydrogen) atoms. The lowest BCUT2D eigenvalue weighted by Gasteiger charge is -2.31. The van der Waals surface area contributed by atoms with Gasteiger partial charge < -0.3 is 5.11 Å². The van der Waals surface area contributed by atoms with Crippen LogP contribution in [0.25, 0.3) is 0 Å². The van der Waals surface area contributed by atoms with Crippen LogP contribution < -0.4 is 4.31 Å². The summed E-state index contributed by atoms with van der Waals surface area (Å²) in [6.45, 7) is 5.41. The first kappa shape index (κ1) is 18.8. The van der Waals surface area contributed by atoms with Gasteiger partial charge in [0.05, 0.1) is 17.2 Å². The molecule has 2 aromatic carbocycles. The zero-order chi connectivity index (χ0) is 17.9. The number of halogens is 1. The summed E-state index contributed by atoms with van der Waals surface area (Å²) in [5, 5.41) is 10.0. The molecule has 0 amide bonds. The molecule has 130 valence electrons. The lowest BCUT2D eigenvalue weighted by atomic mass is 10.1. The van der Waals surface area contributed by atoms with Gasteiger partial charge in [0, 0.05) is 16.6 Å². The quantitative estimate of drug-likeness (QED) is 0.834. The van der Waals surface area contributed by atoms with E-state index in [1.807, 2.05) is 20.8 Å². The zero-order valence-electron chi connectivity index (χ0n) is 14.0. The second-order valence-corrected chi connectivity index (χ2v) is 8.05. The minimum absolute atomic E-state index is 0.220. The first-order valence-corrected chi connectivity index (χ1v) is 9.63. The molecule has 0 heterocycles. The van der Waals surface area contributed by atoms with Gasteiger partial charge >= 0.3 is 0 Å². The molecule has 6 heteroatoms. The van der Waals surface area contributed by atoms with Crippen LogP contribution in [0, 0.1) is 6.92 Å². The van der Waals surface area contributed by atoms with Crippen LogP contribution in [0.15, 0.2) is 47.4 Å². The fourth-order valence-corrected chi connectivity index (χ4v) is 4.39. The van der Waals surface area contributed by atoms with Crippen LogP contribution in [-0.2, 0) is 16.6 Å². The Kier molecular flexibility index (Phi) is 5.91. The van der Waals surface area contributed by atoms with Gasteiger partial charge in [-0.3, -0.25) is 4.31 Å². The summed E-state index contributed by atoms with van der Waals surface area (Å²) < 4.78 is 27.8. The van der Waals surface area contributed by atoms with Crippen molar-refractivity contribution in [3.63, 3.8) is 0 Å². The maximum Gasteiger partial charge on any atom is 0.264 e. The number of benzene rings is 2. The maximum atomic E-state index is 13.2. The summed E-state index contributed by atoms with van der Waals surface area (Å²) in [5.74, 6) is 0. The van der Waals surface area contributed by atoms with Crippen LogP contribution in [0.2, 0.25) is 5.02 Å². The molecule has 0 saturated carbocycles. The third-order valence-electron chi connectivity index (χ3n) is 4.02. The Morgan fingerprint density at radius 3 is 2.33 bits per heavy atom. The monoisotopic (exact) mass is 367 g/mol. The highest BCUT2D eigenvalue weighted by Gasteiger charge is 2.30. The van der Waals surface area contributed by atoms with E-state index < -0.39 is 10.0 Å². The Morgan fingerprint density at radius 2 is 1.79 bits per heavy atom. The maximum absolute atomic E-state index is 13.2. The fraction of sp³-hybridized carbons (Fsp3) is 0.333. The van der Waals surface area contributed by atoms with Crippen molar-refractivity contribution in [2.45, 2.75) is 44.7 Å². The van der Waals surface area contributed by atoms with Gasteiger partial charge in [-0.05, 0) is 44.5 Å². The molecule has 0 aliphatic heterocycles. The van der Waals surface area contributed by atoms with Crippen molar-refractivity contribution < 1.29 is 13.5 Å². The standard InChI is InChI=1S/C18H22ClNO3S/c1-4-14(3)20(18-11-16(19)8-7-15(18)12-21)24(22,23)17-9-5-13(2)6-10-17/h5-11,14,21H,4,12H2,1-3H3/t14-/m1/s1. The number of sulfonamides is 1. The molecule has 2 aromatic rings. The van der Waals surface area contributed by atoms with E-state index in [4.69, 9.17) is 11.6 Å². The van der Waals surface area contributed by atoms with Crippen LogP contribution in [-0.4, -0.2) is 19.6 Å². The van der Waals surface area contributed by atoms with Gasteiger partial charge in [-0.1, -0.05) is 42.3 Å². The smallest absolute Gasteiger partial charge is 0.264 e. The average Bonchev–Trinajstić information content (AvgIpc) is 2.55. The van der Waals surface area contributed by atoms with Crippen LogP contribution in [0.3, 0.4) is 0 Å². The lowest BCUT2D eigenvalue weighted by Crippen LogP contribution is -2.39. The number of aliphatic hydroxyl groups is 1. The van der Waals surface area contributed by atoms with Gasteiger partial charge in [-0.25, -0.2) is 8.42 Å². The van der Waals surface area contributed by atoms with Crippen molar-refractivity contribution in [3.05, 3.63) is 58.6 Å². The predicted molar refractivity (Wildman–Crippen MR) is 98.0 cm³/mol. The Bertz CT molecular complexity index is 804. The molecule has 1 atom stereocenters. The summed E-state index contributed by atoms with van der Waals surface area (Å²) in [5.41, 5.74) is 1.93. The summed E-state index contributed by atoms with van der Waals surface area (Å²) >= 11 is 6.08. The molecular formula is C18H22ClNO3S. The van der Waals surface area contributed by atoms with E-state index in [0.29, 0.717) is 22.7 Å². The van der Waals surface area contributed by atoms with Crippen LogP contribution >= 0.6 is 11.6 Å². The predicted octanol–water partition coefficient (Wildman–Crippen LogP) is 4.13. The Morgan fingerprint density at radius 1 is 1.17 bits per heavy atom. The Hall–Kier alpha value is -1.56. The average molecular weight is 368 g/mol. The molecule has 0 bridgehead atoms. The van der Waals surface area contributed by atoms with E-state index in [9.17, 15) is 13.5 Å². The van der Waals surface area contributed by atoms with Gasteiger partial charge in [0.1, 0.15) is 0 Å². The molecular weight excluding hydrogens is 346 g/mol. The Balaban J connectivity index is 2.65. The summed E-state index contributed by atoms with van der Waals surface area (Å²) in [6, 6.07) is 11.3. The van der Waals surface area contributed by atoms with Gasteiger partial charge in [-0.2, -0.15) is 0 Å². The van der Waals surface area contributed by atoms with Gasteiger partial charge in [0.2, 0.25) is 0 Å². The highest BCUT2D eigenvalue weighted by Crippen LogP contribution is 2.32. The fourth-order valence-electron chi connectivity index (χ4n) is 2.47. The van der Waals surface area contributed by atoms with Crippen molar-refractivity contribution >= 4 is 27.3 Å². The number of aliphatic hydroxyl groups excluding tert-OH is 1. The van der Waals surface area contributed by atoms with Crippen molar-refractivity contribution in [2.24, 2.45) is 0 Å². The largest absolute Gasteiger partial charge is 0.392 e. The minimum atomic E-state index is -3.77. The SMILES string of the molecule is CC[C@@H](C)N(c1cc(Cl)ccc1CO)S(=O)(=O)c1ccc(C)cc1. The van der Waals surface area contributed by atoms with Crippen molar-refractivity contribution in [2.75, 3.05) is 4.31 Å². The molecule has 0 fully saturated rings. The third-order valence-corrected chi connectivity index (χ3v) is 6.20. The second-order valence-electron chi connectivity index (χ2n) is 5.80. The zero-order valence-corrected chi connectivity index (χ0v) is 15.6. The Labute approximate surface area is 148 Å². The van der Waals surface area contributed by atoms with E-state index in [-0.39, 0.29) is 17.5 Å². The van der Waals surface area contributed by atoms with E-state index >= 15 is 0 Å². The van der Waals surface area contributed by atoms with Crippen LogP contribution in [0.4, 0.5) is 5.69 Å². The minimum Gasteiger partial charge on any atom is -0.392 e. The lowest BCUT2D eigenvalue weighted by molar-refractivity contribution is 0.282. The first-order valence-electron chi connectivity index (χ1n) is 7.81. The number of aryl methyl sites for hydroxylation is 1. The molecule has 0 unspecified atom stereocenters. The molecule has 0 saturated heterocycles. The first-order chi connectivity index (χ1) is 11.3. The molecule has 0 aliphatic rings. The number of hydrogen-bond donors (Lipinski definition) is 1. The number of anilines is 1. The van der Waals surface area contributed by atoms with E-state index in [0.717, 1.165) is 5.56 Å². The van der Waals surface area contributed by atoms with Gasteiger partial charge in [-0.15, -0.1) is 0 Å². The third kappa shape index (κ3) is 3.74. The number of hydrogen-bond acceptors (Lipinski definition) is 3. The van der Waals surface area contributed by atoms with Crippen LogP contribution in [0.5, 0.6) is 0 Å². The molecule has 0 spiro atoms. The number of rotatable bonds is 6. The topological polar surface area (TPSA) is 57.6 Å². The molecule has 0 radical (unpaired) electrons. The molecule has 2 rings (SSSR count). The van der Waals surface area contributed by atoms with Crippen molar-refractivity contribution in [1.82, 2.24) is 0 Å². The number of nitrogens with zero attached hydrogens (tertiary/aromatic N) is 1. The summed E-state index contributed by atoms with van der Waals surface area (Å²) in [4.78, 5) is 0.220. The second kappa shape index (κ2) is 7.55. The molecule has 4 nitrogen and oxygen atoms in total. The van der Waals surface area contributed by atoms with Gasteiger partial charge in [0.15, 0.2) is 0 Å². The van der Waals surface area contributed by atoms with E-state index in [2.05, 4.69) is 0 Å². The summed E-state index contributed by atoms with van der Waals surface area (Å²) in [7, 11) is -3.77. The summed E-state index contributed by atoms with van der Waals surface area (Å²) in [6.07, 6.45) is 0.627. The van der Waals surface area contributed by atoms with E-state index in [1.54, 1.807) is 42.5 Å². The van der Waals surface area contributed by atoms with Gasteiger partial charge in [0.25, 0.3) is 10.0 Å². The van der Waals surface area contributed by atoms with Crippen LogP contribution in [0.1, 0.15) is 31.4 Å². The molecule has 0 aliphatic carbocycles. The van der Waals surface area contributed by atoms with Crippen molar-refractivity contribution in [3.8, 4) is 0 Å². The normalized spacial score (nSPS) is 12.9. The van der Waals surface area contributed by atoms with E-state index in [1.165, 1.54) is 4.31 Å². The highest BCUT2D eigenvalue weighted by atomic mass is 35.5. The van der Waals surface area contributed by atoms with Crippen molar-refractivity contribution in [1.29, 1.82) is 0 Å². The molecule has 0 aromatic heterocycles. The molecule has 1 N–H and O–H groups in total.